The Bertz CT molecular complexity index is 1260. The third-order valence-corrected chi connectivity index (χ3v) is 6.29. The Morgan fingerprint density at radius 2 is 1.97 bits per heavy atom. The first-order valence-electron chi connectivity index (χ1n) is 9.60. The molecule has 0 aliphatic carbocycles. The van der Waals surface area contributed by atoms with Gasteiger partial charge in [0.05, 0.1) is 0 Å². The Balaban J connectivity index is 1.35. The van der Waals surface area contributed by atoms with E-state index in [9.17, 15) is 4.79 Å². The highest BCUT2D eigenvalue weighted by Crippen LogP contribution is 2.25. The fraction of sp³-hybridized carbons (Fsp3) is 0.190. The molecule has 158 valence electrons. The molecule has 10 heteroatoms. The van der Waals surface area contributed by atoms with Gasteiger partial charge in [-0.1, -0.05) is 60.2 Å². The molecule has 2 heterocycles. The van der Waals surface area contributed by atoms with Gasteiger partial charge in [-0.05, 0) is 42.4 Å². The predicted octanol–water partition coefficient (Wildman–Crippen LogP) is 4.18. The molecule has 0 aliphatic heterocycles. The second-order valence-electron chi connectivity index (χ2n) is 6.87. The largest absolute Gasteiger partial charge is 0.358 e. The summed E-state index contributed by atoms with van der Waals surface area (Å²) in [7, 11) is 0. The average molecular weight is 471 g/mol. The van der Waals surface area contributed by atoms with Gasteiger partial charge >= 0.3 is 0 Å². The molecule has 7 nitrogen and oxygen atoms in total. The van der Waals surface area contributed by atoms with Gasteiger partial charge in [-0.2, -0.15) is 9.61 Å². The maximum Gasteiger partial charge on any atom is 0.257 e. The van der Waals surface area contributed by atoms with Crippen LogP contribution in [0.5, 0.6) is 0 Å². The first-order chi connectivity index (χ1) is 14.9. The van der Waals surface area contributed by atoms with Gasteiger partial charge in [0.1, 0.15) is 5.01 Å². The molecular formula is C21H19ClN6OS2. The number of benzene rings is 2. The first kappa shape index (κ1) is 21.4. The summed E-state index contributed by atoms with van der Waals surface area (Å²) in [5.74, 6) is 0.547. The fourth-order valence-electron chi connectivity index (χ4n) is 2.90. The molecule has 2 N–H and O–H groups in total. The van der Waals surface area contributed by atoms with Crippen LogP contribution in [0.3, 0.4) is 0 Å². The minimum Gasteiger partial charge on any atom is -0.358 e. The van der Waals surface area contributed by atoms with Gasteiger partial charge in [-0.25, -0.2) is 0 Å². The van der Waals surface area contributed by atoms with Crippen molar-refractivity contribution < 1.29 is 4.79 Å². The lowest BCUT2D eigenvalue weighted by Crippen LogP contribution is -2.38. The number of nitrogens with one attached hydrogen (secondary N) is 2. The zero-order valence-corrected chi connectivity index (χ0v) is 19.2. The van der Waals surface area contributed by atoms with Crippen LogP contribution in [0.15, 0.2) is 42.5 Å². The quantitative estimate of drug-likeness (QED) is 0.426. The molecule has 0 radical (unpaired) electrons. The molecule has 0 saturated carbocycles. The van der Waals surface area contributed by atoms with Crippen LogP contribution in [-0.4, -0.2) is 30.8 Å². The molecule has 2 aromatic carbocycles. The maximum atomic E-state index is 12.3. The summed E-state index contributed by atoms with van der Waals surface area (Å²) in [5, 5.41) is 20.3. The lowest BCUT2D eigenvalue weighted by molar-refractivity contribution is 0.0976. The Hall–Kier alpha value is -2.88. The lowest BCUT2D eigenvalue weighted by atomic mass is 10.1. The molecule has 2 aromatic heterocycles. The Morgan fingerprint density at radius 3 is 2.68 bits per heavy atom. The third kappa shape index (κ3) is 4.73. The highest BCUT2D eigenvalue weighted by atomic mass is 35.5. The number of thiocarbonyl (C=S) groups is 1. The number of rotatable bonds is 5. The number of halogens is 1. The van der Waals surface area contributed by atoms with E-state index in [0.29, 0.717) is 17.1 Å². The summed E-state index contributed by atoms with van der Waals surface area (Å²) in [5.41, 5.74) is 3.40. The number of hydrogen-bond donors (Lipinski definition) is 2. The number of aromatic nitrogens is 4. The van der Waals surface area contributed by atoms with E-state index in [1.807, 2.05) is 38.1 Å². The van der Waals surface area contributed by atoms with Crippen molar-refractivity contribution in [2.75, 3.05) is 0 Å². The minimum absolute atomic E-state index is 0.256. The molecule has 0 atom stereocenters. The van der Waals surface area contributed by atoms with Crippen LogP contribution in [-0.2, 0) is 13.0 Å². The zero-order chi connectivity index (χ0) is 22.0. The van der Waals surface area contributed by atoms with Crippen LogP contribution >= 0.6 is 35.2 Å². The highest BCUT2D eigenvalue weighted by molar-refractivity contribution is 7.80. The van der Waals surface area contributed by atoms with Crippen LogP contribution in [0.1, 0.15) is 34.2 Å². The van der Waals surface area contributed by atoms with Crippen LogP contribution in [0, 0.1) is 6.92 Å². The van der Waals surface area contributed by atoms with Crippen molar-refractivity contribution in [2.45, 2.75) is 26.8 Å². The van der Waals surface area contributed by atoms with E-state index >= 15 is 0 Å². The first-order valence-corrected chi connectivity index (χ1v) is 11.2. The number of aryl methyl sites for hydroxylation is 2. The van der Waals surface area contributed by atoms with Gasteiger partial charge in [0.15, 0.2) is 10.9 Å². The smallest absolute Gasteiger partial charge is 0.257 e. The van der Waals surface area contributed by atoms with Crippen molar-refractivity contribution in [2.24, 2.45) is 0 Å². The molecule has 0 aliphatic rings. The van der Waals surface area contributed by atoms with Crippen molar-refractivity contribution in [3.8, 4) is 10.6 Å². The monoisotopic (exact) mass is 470 g/mol. The summed E-state index contributed by atoms with van der Waals surface area (Å²) in [6, 6.07) is 13.1. The van der Waals surface area contributed by atoms with Crippen LogP contribution < -0.4 is 10.6 Å². The normalized spacial score (nSPS) is 10.9. The van der Waals surface area contributed by atoms with Crippen molar-refractivity contribution in [1.29, 1.82) is 0 Å². The minimum atomic E-state index is -0.301. The average Bonchev–Trinajstić information content (AvgIpc) is 3.35. The van der Waals surface area contributed by atoms with Crippen LogP contribution in [0.2, 0.25) is 5.02 Å². The van der Waals surface area contributed by atoms with Crippen molar-refractivity contribution in [3.05, 3.63) is 70.0 Å². The second-order valence-corrected chi connectivity index (χ2v) is 8.64. The van der Waals surface area contributed by atoms with E-state index in [0.717, 1.165) is 38.9 Å². The Morgan fingerprint density at radius 1 is 1.19 bits per heavy atom. The molecule has 0 fully saturated rings. The number of carbonyl (C=O) groups is 1. The van der Waals surface area contributed by atoms with E-state index in [2.05, 4.69) is 25.9 Å². The Labute approximate surface area is 193 Å². The molecule has 0 spiro atoms. The van der Waals surface area contributed by atoms with Gasteiger partial charge in [0.2, 0.25) is 4.96 Å². The predicted molar refractivity (Wildman–Crippen MR) is 127 cm³/mol. The van der Waals surface area contributed by atoms with E-state index in [1.165, 1.54) is 11.3 Å². The fourth-order valence-corrected chi connectivity index (χ4v) is 4.10. The number of nitrogens with zero attached hydrogens (tertiary/aromatic N) is 4. The molecule has 0 bridgehead atoms. The summed E-state index contributed by atoms with van der Waals surface area (Å²) in [4.78, 5) is 13.1. The second kappa shape index (κ2) is 9.09. The summed E-state index contributed by atoms with van der Waals surface area (Å²) in [6.07, 6.45) is 0.780. The highest BCUT2D eigenvalue weighted by Gasteiger charge is 2.12. The summed E-state index contributed by atoms with van der Waals surface area (Å²) >= 11 is 12.8. The van der Waals surface area contributed by atoms with Gasteiger partial charge in [0, 0.05) is 29.1 Å². The SMILES string of the molecule is CCc1nnc2sc(-c3ccc(CNC(=S)NC(=O)c4ccc(C)c(Cl)c4)cc3)nn12. The molecule has 4 rings (SSSR count). The zero-order valence-electron chi connectivity index (χ0n) is 16.8. The number of carbonyl (C=O) groups excluding carboxylic acids is 1. The van der Waals surface area contributed by atoms with Gasteiger partial charge in [0.25, 0.3) is 5.91 Å². The lowest BCUT2D eigenvalue weighted by Gasteiger charge is -2.10. The van der Waals surface area contributed by atoms with Gasteiger partial charge < -0.3 is 5.32 Å². The van der Waals surface area contributed by atoms with Gasteiger partial charge in [-0.15, -0.1) is 10.2 Å². The number of fused-ring (bicyclic) bond motifs is 1. The van der Waals surface area contributed by atoms with Crippen LogP contribution in [0.4, 0.5) is 0 Å². The van der Waals surface area contributed by atoms with E-state index in [-0.39, 0.29) is 11.0 Å². The summed E-state index contributed by atoms with van der Waals surface area (Å²) < 4.78 is 1.79. The maximum absolute atomic E-state index is 12.3. The standard InChI is InChI=1S/C21H19ClN6OS2/c1-3-17-25-26-21-28(17)27-19(31-21)14-8-5-13(6-9-14)11-23-20(30)24-18(29)15-7-4-12(2)16(22)10-15/h4-10H,3,11H2,1-2H3,(H2,23,24,29,30). The molecule has 0 unspecified atom stereocenters. The molecule has 31 heavy (non-hydrogen) atoms. The number of hydrogen-bond acceptors (Lipinski definition) is 6. The third-order valence-electron chi connectivity index (χ3n) is 4.69. The topological polar surface area (TPSA) is 84.2 Å². The van der Waals surface area contributed by atoms with E-state index in [4.69, 9.17) is 23.8 Å². The van der Waals surface area contributed by atoms with Crippen molar-refractivity contribution >= 4 is 51.1 Å². The summed E-state index contributed by atoms with van der Waals surface area (Å²) in [6.45, 7) is 4.40. The Kier molecular flexibility index (Phi) is 6.26. The van der Waals surface area contributed by atoms with Gasteiger partial charge in [-0.3, -0.25) is 10.1 Å². The van der Waals surface area contributed by atoms with Crippen molar-refractivity contribution in [1.82, 2.24) is 30.4 Å². The molecule has 0 saturated heterocycles. The molecule has 4 aromatic rings. The number of amides is 1. The molecule has 1 amide bonds. The van der Waals surface area contributed by atoms with Crippen LogP contribution in [0.25, 0.3) is 15.5 Å². The van der Waals surface area contributed by atoms with E-state index in [1.54, 1.807) is 22.7 Å². The molecular weight excluding hydrogens is 452 g/mol. The van der Waals surface area contributed by atoms with Crippen molar-refractivity contribution in [3.63, 3.8) is 0 Å². The van der Waals surface area contributed by atoms with E-state index < -0.39 is 0 Å².